The van der Waals surface area contributed by atoms with E-state index in [0.717, 1.165) is 0 Å². The number of aliphatic carboxylic acids is 1. The molecule has 1 N–H and O–H groups in total. The topological polar surface area (TPSA) is 85.3 Å². The smallest absolute Gasteiger partial charge is 0.303 e. The van der Waals surface area contributed by atoms with Crippen molar-refractivity contribution in [1.82, 2.24) is 4.90 Å². The number of amides is 1. The number of hydrogen-bond donors (Lipinski definition) is 1. The van der Waals surface area contributed by atoms with Gasteiger partial charge in [-0.25, -0.2) is 0 Å². The van der Waals surface area contributed by atoms with Gasteiger partial charge in [-0.3, -0.25) is 9.59 Å². The molecule has 0 fully saturated rings. The normalized spacial score (nSPS) is 10.0. The summed E-state index contributed by atoms with van der Waals surface area (Å²) in [5, 5.41) is 8.64. The van der Waals surface area contributed by atoms with E-state index in [2.05, 4.69) is 0 Å². The summed E-state index contributed by atoms with van der Waals surface area (Å²) < 4.78 is 15.6. The molecule has 0 aliphatic carbocycles. The molecule has 1 aromatic rings. The van der Waals surface area contributed by atoms with Crippen molar-refractivity contribution in [3.05, 3.63) is 17.7 Å². The average Bonchev–Trinajstić information content (AvgIpc) is 2.52. The Morgan fingerprint density at radius 1 is 1.05 bits per heavy atom. The zero-order valence-electron chi connectivity index (χ0n) is 13.2. The summed E-state index contributed by atoms with van der Waals surface area (Å²) in [7, 11) is 6.05. The van der Waals surface area contributed by atoms with Crippen LogP contribution in [0.2, 0.25) is 0 Å². The number of benzene rings is 1. The van der Waals surface area contributed by atoms with Crippen molar-refractivity contribution in [3.63, 3.8) is 0 Å². The zero-order chi connectivity index (χ0) is 16.7. The third-order valence-corrected chi connectivity index (χ3v) is 3.17. The summed E-state index contributed by atoms with van der Waals surface area (Å²) in [4.78, 5) is 24.4. The second-order valence-electron chi connectivity index (χ2n) is 4.63. The number of carbonyl (C=O) groups excluding carboxylic acids is 1. The van der Waals surface area contributed by atoms with Gasteiger partial charge in [0.25, 0.3) is 5.91 Å². The molecule has 0 saturated carbocycles. The third kappa shape index (κ3) is 4.28. The van der Waals surface area contributed by atoms with Crippen LogP contribution in [0.3, 0.4) is 0 Å². The minimum Gasteiger partial charge on any atom is -0.496 e. The molecule has 0 heterocycles. The van der Waals surface area contributed by atoms with Crippen LogP contribution in [0.5, 0.6) is 17.2 Å². The SMILES string of the molecule is COc1cc(OC)c(C(=O)N(C)CCCC(=O)O)cc1OC. The zero-order valence-corrected chi connectivity index (χ0v) is 13.2. The summed E-state index contributed by atoms with van der Waals surface area (Å²) in [5.41, 5.74) is 0.331. The van der Waals surface area contributed by atoms with Gasteiger partial charge in [0, 0.05) is 32.1 Å². The van der Waals surface area contributed by atoms with Crippen molar-refractivity contribution in [3.8, 4) is 17.2 Å². The molecule has 7 heteroatoms. The lowest BCUT2D eigenvalue weighted by molar-refractivity contribution is -0.137. The summed E-state index contributed by atoms with van der Waals surface area (Å²) in [6.45, 7) is 0.336. The van der Waals surface area contributed by atoms with E-state index >= 15 is 0 Å². The largest absolute Gasteiger partial charge is 0.496 e. The highest BCUT2D eigenvalue weighted by molar-refractivity contribution is 5.97. The van der Waals surface area contributed by atoms with E-state index in [1.165, 1.54) is 26.2 Å². The van der Waals surface area contributed by atoms with Crippen LogP contribution in [0.15, 0.2) is 12.1 Å². The van der Waals surface area contributed by atoms with Gasteiger partial charge >= 0.3 is 5.97 Å². The van der Waals surface area contributed by atoms with Gasteiger partial charge in [0.1, 0.15) is 5.75 Å². The van der Waals surface area contributed by atoms with Gasteiger partial charge in [-0.1, -0.05) is 0 Å². The molecule has 0 bridgehead atoms. The van der Waals surface area contributed by atoms with Crippen LogP contribution in [-0.4, -0.2) is 56.8 Å². The van der Waals surface area contributed by atoms with E-state index in [1.807, 2.05) is 0 Å². The highest BCUT2D eigenvalue weighted by Gasteiger charge is 2.20. The minimum absolute atomic E-state index is 0.0146. The molecule has 1 amide bonds. The summed E-state index contributed by atoms with van der Waals surface area (Å²) in [5.74, 6) is 0.0930. The van der Waals surface area contributed by atoms with Crippen LogP contribution in [0, 0.1) is 0 Å². The fourth-order valence-electron chi connectivity index (χ4n) is 1.97. The molecule has 0 radical (unpaired) electrons. The lowest BCUT2D eigenvalue weighted by Crippen LogP contribution is -2.28. The first-order chi connectivity index (χ1) is 10.4. The van der Waals surface area contributed by atoms with E-state index < -0.39 is 5.97 Å². The molecule has 22 heavy (non-hydrogen) atoms. The number of carboxylic acid groups (broad SMARTS) is 1. The Bertz CT molecular complexity index is 543. The molecule has 1 aromatic carbocycles. The van der Waals surface area contributed by atoms with Crippen LogP contribution < -0.4 is 14.2 Å². The quantitative estimate of drug-likeness (QED) is 0.785. The fourth-order valence-corrected chi connectivity index (χ4v) is 1.97. The van der Waals surface area contributed by atoms with Crippen LogP contribution in [0.1, 0.15) is 23.2 Å². The first kappa shape index (κ1) is 17.6. The Morgan fingerprint density at radius 2 is 1.59 bits per heavy atom. The maximum Gasteiger partial charge on any atom is 0.303 e. The maximum absolute atomic E-state index is 12.5. The molecule has 0 atom stereocenters. The predicted octanol–water partition coefficient (Wildman–Crippen LogP) is 1.65. The van der Waals surface area contributed by atoms with Gasteiger partial charge in [-0.2, -0.15) is 0 Å². The number of carbonyl (C=O) groups is 2. The van der Waals surface area contributed by atoms with Crippen LogP contribution in [0.25, 0.3) is 0 Å². The summed E-state index contributed by atoms with van der Waals surface area (Å²) in [6.07, 6.45) is 0.397. The van der Waals surface area contributed by atoms with E-state index in [9.17, 15) is 9.59 Å². The first-order valence-electron chi connectivity index (χ1n) is 6.71. The Labute approximate surface area is 129 Å². The Morgan fingerprint density at radius 3 is 2.09 bits per heavy atom. The number of methoxy groups -OCH3 is 3. The molecule has 0 saturated heterocycles. The first-order valence-corrected chi connectivity index (χ1v) is 6.71. The van der Waals surface area contributed by atoms with Crippen LogP contribution in [-0.2, 0) is 4.79 Å². The van der Waals surface area contributed by atoms with E-state index in [0.29, 0.717) is 35.8 Å². The lowest BCUT2D eigenvalue weighted by Gasteiger charge is -2.19. The molecule has 0 spiro atoms. The molecule has 0 unspecified atom stereocenters. The van der Waals surface area contributed by atoms with Crippen molar-refractivity contribution in [2.24, 2.45) is 0 Å². The molecule has 0 aliphatic rings. The molecule has 122 valence electrons. The van der Waals surface area contributed by atoms with E-state index in [4.69, 9.17) is 19.3 Å². The van der Waals surface area contributed by atoms with Gasteiger partial charge in [0.2, 0.25) is 0 Å². The van der Waals surface area contributed by atoms with Crippen molar-refractivity contribution in [2.45, 2.75) is 12.8 Å². The number of carboxylic acids is 1. The molecule has 1 rings (SSSR count). The second kappa shape index (κ2) is 8.11. The standard InChI is InChI=1S/C15H21NO6/c1-16(7-5-6-14(17)18)15(19)10-8-12(21-3)13(22-4)9-11(10)20-2/h8-9H,5-7H2,1-4H3,(H,17,18). The average molecular weight is 311 g/mol. The number of ether oxygens (including phenoxy) is 3. The molecule has 7 nitrogen and oxygen atoms in total. The van der Waals surface area contributed by atoms with E-state index in [1.54, 1.807) is 19.2 Å². The van der Waals surface area contributed by atoms with Crippen molar-refractivity contribution < 1.29 is 28.9 Å². The summed E-state index contributed by atoms with van der Waals surface area (Å²) >= 11 is 0. The number of nitrogens with zero attached hydrogens (tertiary/aromatic N) is 1. The second-order valence-corrected chi connectivity index (χ2v) is 4.63. The predicted molar refractivity (Wildman–Crippen MR) is 79.9 cm³/mol. The van der Waals surface area contributed by atoms with Gasteiger partial charge in [0.15, 0.2) is 11.5 Å². The highest BCUT2D eigenvalue weighted by atomic mass is 16.5. The molecular weight excluding hydrogens is 290 g/mol. The van der Waals surface area contributed by atoms with Gasteiger partial charge in [-0.05, 0) is 6.42 Å². The maximum atomic E-state index is 12.5. The minimum atomic E-state index is -0.885. The monoisotopic (exact) mass is 311 g/mol. The lowest BCUT2D eigenvalue weighted by atomic mass is 10.1. The Hall–Kier alpha value is -2.44. The number of rotatable bonds is 8. The Kier molecular flexibility index (Phi) is 6.49. The van der Waals surface area contributed by atoms with Gasteiger partial charge in [-0.15, -0.1) is 0 Å². The van der Waals surface area contributed by atoms with Crippen LogP contribution >= 0.6 is 0 Å². The van der Waals surface area contributed by atoms with Crippen molar-refractivity contribution in [1.29, 1.82) is 0 Å². The van der Waals surface area contributed by atoms with Gasteiger partial charge in [0.05, 0.1) is 26.9 Å². The van der Waals surface area contributed by atoms with Gasteiger partial charge < -0.3 is 24.2 Å². The Balaban J connectivity index is 2.98. The summed E-state index contributed by atoms with van der Waals surface area (Å²) in [6, 6.07) is 3.13. The van der Waals surface area contributed by atoms with Crippen molar-refractivity contribution >= 4 is 11.9 Å². The molecule has 0 aliphatic heterocycles. The fraction of sp³-hybridized carbons (Fsp3) is 0.467. The number of hydrogen-bond acceptors (Lipinski definition) is 5. The molecule has 0 aromatic heterocycles. The van der Waals surface area contributed by atoms with Crippen LogP contribution in [0.4, 0.5) is 0 Å². The highest BCUT2D eigenvalue weighted by Crippen LogP contribution is 2.35. The third-order valence-electron chi connectivity index (χ3n) is 3.17. The molecular formula is C15H21NO6. The van der Waals surface area contributed by atoms with Crippen molar-refractivity contribution in [2.75, 3.05) is 34.9 Å². The van der Waals surface area contributed by atoms with E-state index in [-0.39, 0.29) is 12.3 Å².